The highest BCUT2D eigenvalue weighted by molar-refractivity contribution is 9.09. The topological polar surface area (TPSA) is 59.1 Å². The molecule has 4 nitrogen and oxygen atoms in total. The van der Waals surface area contributed by atoms with Crippen molar-refractivity contribution in [3.63, 3.8) is 0 Å². The Morgan fingerprint density at radius 2 is 1.95 bits per heavy atom. The normalized spacial score (nSPS) is 13.0. The number of pyridine rings is 1. The second-order valence-electron chi connectivity index (χ2n) is 4.50. The largest absolute Gasteiger partial charge is 0.260 e. The van der Waals surface area contributed by atoms with Crippen molar-refractivity contribution in [3.05, 3.63) is 60.2 Å². The molecule has 7 heteroatoms. The highest BCUT2D eigenvalue weighted by atomic mass is 79.9. The summed E-state index contributed by atoms with van der Waals surface area (Å²) in [5.41, 5.74) is 1.02. The molecule has 0 radical (unpaired) electrons. The molecule has 1 atom stereocenters. The lowest BCUT2D eigenvalue weighted by Crippen LogP contribution is -2.37. The molecule has 112 valence electrons. The Morgan fingerprint density at radius 1 is 1.24 bits per heavy atom. The molecule has 21 heavy (non-hydrogen) atoms. The lowest BCUT2D eigenvalue weighted by atomic mass is 10.1. The molecule has 1 N–H and O–H groups in total. The standard InChI is InChI=1S/C14H14BrFN2O2S/c15-8-13(6-11-4-2-1-3-5-11)18-21(19,20)14-7-12(16)9-17-10-14/h1-5,7,9-10,13,18H,6,8H2. The van der Waals surface area contributed by atoms with Gasteiger partial charge in [0.25, 0.3) is 0 Å². The van der Waals surface area contributed by atoms with Gasteiger partial charge in [0.05, 0.1) is 6.20 Å². The van der Waals surface area contributed by atoms with Crippen LogP contribution < -0.4 is 4.72 Å². The van der Waals surface area contributed by atoms with Crippen LogP contribution in [-0.2, 0) is 16.4 Å². The summed E-state index contributed by atoms with van der Waals surface area (Å²) in [5, 5.41) is 0.448. The van der Waals surface area contributed by atoms with Crippen molar-refractivity contribution < 1.29 is 12.8 Å². The summed E-state index contributed by atoms with van der Waals surface area (Å²) in [7, 11) is -3.80. The molecule has 1 unspecified atom stereocenters. The molecule has 0 bridgehead atoms. The van der Waals surface area contributed by atoms with Crippen molar-refractivity contribution in [3.8, 4) is 0 Å². The molecule has 0 fully saturated rings. The van der Waals surface area contributed by atoms with Gasteiger partial charge in [-0.15, -0.1) is 0 Å². The van der Waals surface area contributed by atoms with Crippen LogP contribution in [-0.4, -0.2) is 24.8 Å². The Morgan fingerprint density at radius 3 is 2.57 bits per heavy atom. The van der Waals surface area contributed by atoms with E-state index in [1.54, 1.807) is 0 Å². The van der Waals surface area contributed by atoms with Crippen molar-refractivity contribution in [2.75, 3.05) is 5.33 Å². The van der Waals surface area contributed by atoms with Crippen molar-refractivity contribution in [2.24, 2.45) is 0 Å². The molecule has 0 aliphatic carbocycles. The predicted molar refractivity (Wildman–Crippen MR) is 82.2 cm³/mol. The summed E-state index contributed by atoms with van der Waals surface area (Å²) in [4.78, 5) is 3.38. The Hall–Kier alpha value is -1.31. The summed E-state index contributed by atoms with van der Waals surface area (Å²) in [6.45, 7) is 0. The monoisotopic (exact) mass is 372 g/mol. The van der Waals surface area contributed by atoms with Gasteiger partial charge in [-0.2, -0.15) is 0 Å². The first-order valence-corrected chi connectivity index (χ1v) is 8.84. The van der Waals surface area contributed by atoms with E-state index < -0.39 is 15.8 Å². The van der Waals surface area contributed by atoms with Gasteiger partial charge in [0, 0.05) is 17.6 Å². The van der Waals surface area contributed by atoms with E-state index in [4.69, 9.17) is 0 Å². The summed E-state index contributed by atoms with van der Waals surface area (Å²) in [6.07, 6.45) is 2.62. The number of hydrogen-bond acceptors (Lipinski definition) is 3. The molecule has 0 aliphatic rings. The molecular weight excluding hydrogens is 359 g/mol. The number of halogens is 2. The van der Waals surface area contributed by atoms with Crippen LogP contribution in [0.2, 0.25) is 0 Å². The second kappa shape index (κ2) is 7.11. The molecular formula is C14H14BrFN2O2S. The number of aromatic nitrogens is 1. The Kier molecular flexibility index (Phi) is 5.44. The first kappa shape index (κ1) is 16.1. The van der Waals surface area contributed by atoms with Crippen molar-refractivity contribution >= 4 is 26.0 Å². The highest BCUT2D eigenvalue weighted by Gasteiger charge is 2.20. The fraction of sp³-hybridized carbons (Fsp3) is 0.214. The average molecular weight is 373 g/mol. The molecule has 1 heterocycles. The Labute approximate surface area is 131 Å². The summed E-state index contributed by atoms with van der Waals surface area (Å²) < 4.78 is 40.1. The molecule has 0 aliphatic heterocycles. The molecule has 1 aromatic carbocycles. The number of alkyl halides is 1. The Bertz CT molecular complexity index is 695. The van der Waals surface area contributed by atoms with E-state index in [0.717, 1.165) is 24.0 Å². The zero-order valence-corrected chi connectivity index (χ0v) is 13.4. The van der Waals surface area contributed by atoms with Crippen LogP contribution in [0.5, 0.6) is 0 Å². The molecule has 2 rings (SSSR count). The number of nitrogens with zero attached hydrogens (tertiary/aromatic N) is 1. The number of benzene rings is 1. The van der Waals surface area contributed by atoms with Crippen LogP contribution in [0.15, 0.2) is 53.7 Å². The first-order chi connectivity index (χ1) is 10.0. The van der Waals surface area contributed by atoms with Gasteiger partial charge in [-0.3, -0.25) is 4.98 Å². The summed E-state index contributed by atoms with van der Waals surface area (Å²) in [6, 6.07) is 10.2. The number of rotatable bonds is 6. The van der Waals surface area contributed by atoms with Gasteiger partial charge in [-0.1, -0.05) is 46.3 Å². The Balaban J connectivity index is 2.14. The van der Waals surface area contributed by atoms with E-state index in [2.05, 4.69) is 25.6 Å². The number of hydrogen-bond donors (Lipinski definition) is 1. The first-order valence-electron chi connectivity index (χ1n) is 6.24. The number of nitrogens with one attached hydrogen (secondary N) is 1. The quantitative estimate of drug-likeness (QED) is 0.792. The maximum atomic E-state index is 13.1. The molecule has 2 aromatic rings. The molecule has 1 aromatic heterocycles. The van der Waals surface area contributed by atoms with Gasteiger partial charge in [0.2, 0.25) is 10.0 Å². The van der Waals surface area contributed by atoms with E-state index in [9.17, 15) is 12.8 Å². The maximum absolute atomic E-state index is 13.1. The third kappa shape index (κ3) is 4.59. The van der Waals surface area contributed by atoms with Crippen LogP contribution in [0.3, 0.4) is 0 Å². The minimum Gasteiger partial charge on any atom is -0.260 e. The molecule has 0 spiro atoms. The SMILES string of the molecule is O=S(=O)(NC(CBr)Cc1ccccc1)c1cncc(F)c1. The van der Waals surface area contributed by atoms with Crippen molar-refractivity contribution in [1.29, 1.82) is 0 Å². The van der Waals surface area contributed by atoms with E-state index in [0.29, 0.717) is 11.8 Å². The third-order valence-electron chi connectivity index (χ3n) is 2.82. The van der Waals surface area contributed by atoms with Crippen LogP contribution in [0.4, 0.5) is 4.39 Å². The van der Waals surface area contributed by atoms with Crippen LogP contribution in [0.25, 0.3) is 0 Å². The molecule has 0 saturated heterocycles. The van der Waals surface area contributed by atoms with Crippen molar-refractivity contribution in [1.82, 2.24) is 9.71 Å². The highest BCUT2D eigenvalue weighted by Crippen LogP contribution is 2.12. The van der Waals surface area contributed by atoms with Gasteiger partial charge in [0.15, 0.2) is 0 Å². The summed E-state index contributed by atoms with van der Waals surface area (Å²) >= 11 is 3.30. The van der Waals surface area contributed by atoms with Gasteiger partial charge >= 0.3 is 0 Å². The minimum absolute atomic E-state index is 0.179. The van der Waals surface area contributed by atoms with Gasteiger partial charge in [-0.25, -0.2) is 17.5 Å². The maximum Gasteiger partial charge on any atom is 0.242 e. The van der Waals surface area contributed by atoms with Gasteiger partial charge < -0.3 is 0 Å². The van der Waals surface area contributed by atoms with E-state index in [1.807, 2.05) is 30.3 Å². The predicted octanol–water partition coefficient (Wildman–Crippen LogP) is 2.51. The second-order valence-corrected chi connectivity index (χ2v) is 6.86. The van der Waals surface area contributed by atoms with E-state index >= 15 is 0 Å². The van der Waals surface area contributed by atoms with Gasteiger partial charge in [0.1, 0.15) is 10.7 Å². The van der Waals surface area contributed by atoms with E-state index in [-0.39, 0.29) is 10.9 Å². The van der Waals surface area contributed by atoms with Crippen molar-refractivity contribution in [2.45, 2.75) is 17.4 Å². The smallest absolute Gasteiger partial charge is 0.242 e. The lowest BCUT2D eigenvalue weighted by molar-refractivity contribution is 0.558. The minimum atomic E-state index is -3.80. The fourth-order valence-electron chi connectivity index (χ4n) is 1.85. The third-order valence-corrected chi connectivity index (χ3v) is 5.09. The van der Waals surface area contributed by atoms with E-state index in [1.165, 1.54) is 0 Å². The average Bonchev–Trinajstić information content (AvgIpc) is 2.47. The van der Waals surface area contributed by atoms with Crippen LogP contribution in [0.1, 0.15) is 5.56 Å². The summed E-state index contributed by atoms with van der Waals surface area (Å²) in [5.74, 6) is -0.684. The van der Waals surface area contributed by atoms with Gasteiger partial charge in [-0.05, 0) is 18.1 Å². The lowest BCUT2D eigenvalue weighted by Gasteiger charge is -2.16. The molecule has 0 saturated carbocycles. The zero-order valence-electron chi connectivity index (χ0n) is 11.0. The zero-order chi connectivity index (χ0) is 15.3. The van der Waals surface area contributed by atoms with Crippen LogP contribution >= 0.6 is 15.9 Å². The number of sulfonamides is 1. The van der Waals surface area contributed by atoms with Crippen LogP contribution in [0, 0.1) is 5.82 Å². The molecule has 0 amide bonds. The fourth-order valence-corrected chi connectivity index (χ4v) is 3.67.